The topological polar surface area (TPSA) is 68.2 Å². The second-order valence-corrected chi connectivity index (χ2v) is 8.21. The monoisotopic (exact) mass is 434 g/mol. The van der Waals surface area contributed by atoms with E-state index >= 15 is 0 Å². The van der Waals surface area contributed by atoms with Crippen molar-refractivity contribution in [2.24, 2.45) is 5.92 Å². The molecule has 166 valence electrons. The predicted octanol–water partition coefficient (Wildman–Crippen LogP) is 4.70. The number of amides is 1. The van der Waals surface area contributed by atoms with Gasteiger partial charge < -0.3 is 9.64 Å². The quantitative estimate of drug-likeness (QED) is 0.563. The van der Waals surface area contributed by atoms with E-state index in [0.29, 0.717) is 30.4 Å². The molecule has 7 heteroatoms. The molecule has 0 bridgehead atoms. The standard InChI is InChI=1S/C25H27FN4O2/c1-3-20-8-6-18(16-32-23-10-7-19(26)14-29-23)15-30(20)25(31)22-13-17(2)5-9-21(22)24-27-11-4-12-28-24/h4-5,7,9-14,18,20H,3,6,8,15-16H2,1-2H3/t18-,20?/m1/s1. The average molecular weight is 435 g/mol. The maximum Gasteiger partial charge on any atom is 0.254 e. The number of benzene rings is 1. The molecule has 1 fully saturated rings. The minimum absolute atomic E-state index is 0.00684. The number of ether oxygens (including phenoxy) is 1. The van der Waals surface area contributed by atoms with Gasteiger partial charge in [-0.1, -0.05) is 24.6 Å². The molecule has 32 heavy (non-hydrogen) atoms. The predicted molar refractivity (Wildman–Crippen MR) is 120 cm³/mol. The summed E-state index contributed by atoms with van der Waals surface area (Å²) in [6, 6.07) is 10.6. The molecule has 1 aliphatic heterocycles. The van der Waals surface area contributed by atoms with E-state index in [1.807, 2.05) is 30.0 Å². The Morgan fingerprint density at radius 1 is 1.16 bits per heavy atom. The molecule has 0 N–H and O–H groups in total. The van der Waals surface area contributed by atoms with E-state index in [1.165, 1.54) is 12.1 Å². The van der Waals surface area contributed by atoms with Gasteiger partial charge in [0.05, 0.1) is 18.4 Å². The fourth-order valence-corrected chi connectivity index (χ4v) is 4.19. The molecule has 1 aliphatic rings. The van der Waals surface area contributed by atoms with E-state index in [1.54, 1.807) is 18.5 Å². The number of hydrogen-bond donors (Lipinski definition) is 0. The summed E-state index contributed by atoms with van der Waals surface area (Å²) in [5, 5.41) is 0. The molecular formula is C25H27FN4O2. The van der Waals surface area contributed by atoms with Crippen LogP contribution in [-0.4, -0.2) is 45.0 Å². The Balaban J connectivity index is 1.54. The first-order valence-corrected chi connectivity index (χ1v) is 11.0. The van der Waals surface area contributed by atoms with Gasteiger partial charge in [-0.15, -0.1) is 0 Å². The maximum absolute atomic E-state index is 13.7. The van der Waals surface area contributed by atoms with Crippen molar-refractivity contribution in [3.8, 4) is 17.3 Å². The van der Waals surface area contributed by atoms with Crippen LogP contribution in [0, 0.1) is 18.7 Å². The first kappa shape index (κ1) is 21.9. The summed E-state index contributed by atoms with van der Waals surface area (Å²) < 4.78 is 18.9. The number of carbonyl (C=O) groups is 1. The van der Waals surface area contributed by atoms with Gasteiger partial charge in [0.25, 0.3) is 5.91 Å². The number of aromatic nitrogens is 3. The van der Waals surface area contributed by atoms with Gasteiger partial charge >= 0.3 is 0 Å². The molecular weight excluding hydrogens is 407 g/mol. The van der Waals surface area contributed by atoms with Crippen LogP contribution in [-0.2, 0) is 0 Å². The fraction of sp³-hybridized carbons (Fsp3) is 0.360. The molecule has 6 nitrogen and oxygen atoms in total. The maximum atomic E-state index is 13.7. The first-order chi connectivity index (χ1) is 15.5. The van der Waals surface area contributed by atoms with Gasteiger partial charge in [-0.05, 0) is 44.4 Å². The smallest absolute Gasteiger partial charge is 0.254 e. The molecule has 0 saturated carbocycles. The van der Waals surface area contributed by atoms with Crippen LogP contribution in [0.4, 0.5) is 4.39 Å². The van der Waals surface area contributed by atoms with Crippen LogP contribution < -0.4 is 4.74 Å². The Bertz CT molecular complexity index is 1060. The average Bonchev–Trinajstić information content (AvgIpc) is 2.83. The van der Waals surface area contributed by atoms with Crippen LogP contribution in [0.1, 0.15) is 42.1 Å². The third-order valence-corrected chi connectivity index (χ3v) is 5.92. The summed E-state index contributed by atoms with van der Waals surface area (Å²) in [5.74, 6) is 0.712. The summed E-state index contributed by atoms with van der Waals surface area (Å²) in [6.07, 6.45) is 7.28. The third kappa shape index (κ3) is 4.93. The number of nitrogens with zero attached hydrogens (tertiary/aromatic N) is 4. The highest BCUT2D eigenvalue weighted by atomic mass is 19.1. The van der Waals surface area contributed by atoms with Crippen molar-refractivity contribution in [2.75, 3.05) is 13.2 Å². The van der Waals surface area contributed by atoms with Crippen molar-refractivity contribution in [3.05, 3.63) is 71.9 Å². The Morgan fingerprint density at radius 3 is 2.69 bits per heavy atom. The van der Waals surface area contributed by atoms with Gasteiger partial charge in [-0.25, -0.2) is 19.3 Å². The third-order valence-electron chi connectivity index (χ3n) is 5.92. The summed E-state index contributed by atoms with van der Waals surface area (Å²) in [6.45, 7) is 5.12. The van der Waals surface area contributed by atoms with Crippen molar-refractivity contribution < 1.29 is 13.9 Å². The minimum atomic E-state index is -0.395. The van der Waals surface area contributed by atoms with E-state index in [0.717, 1.165) is 36.6 Å². The van der Waals surface area contributed by atoms with Crippen molar-refractivity contribution in [3.63, 3.8) is 0 Å². The molecule has 1 saturated heterocycles. The molecule has 2 atom stereocenters. The number of likely N-dealkylation sites (tertiary alicyclic amines) is 1. The van der Waals surface area contributed by atoms with Gasteiger partial charge in [0, 0.05) is 42.5 Å². The van der Waals surface area contributed by atoms with E-state index in [9.17, 15) is 9.18 Å². The molecule has 0 radical (unpaired) electrons. The summed E-state index contributed by atoms with van der Waals surface area (Å²) in [7, 11) is 0. The van der Waals surface area contributed by atoms with Crippen molar-refractivity contribution in [2.45, 2.75) is 39.2 Å². The van der Waals surface area contributed by atoms with E-state index < -0.39 is 5.82 Å². The SMILES string of the molecule is CCC1CC[C@@H](COc2ccc(F)cn2)CN1C(=O)c1cc(C)ccc1-c1ncccn1. The number of aryl methyl sites for hydroxylation is 1. The highest BCUT2D eigenvalue weighted by molar-refractivity contribution is 6.00. The van der Waals surface area contributed by atoms with Gasteiger partial charge in [0.15, 0.2) is 5.82 Å². The summed E-state index contributed by atoms with van der Waals surface area (Å²) in [4.78, 5) is 28.4. The zero-order valence-electron chi connectivity index (χ0n) is 18.4. The molecule has 0 aliphatic carbocycles. The largest absolute Gasteiger partial charge is 0.477 e. The molecule has 0 spiro atoms. The van der Waals surface area contributed by atoms with Gasteiger partial charge in [0.2, 0.25) is 5.88 Å². The lowest BCUT2D eigenvalue weighted by Crippen LogP contribution is -2.48. The second kappa shape index (κ2) is 9.85. The second-order valence-electron chi connectivity index (χ2n) is 8.21. The fourth-order valence-electron chi connectivity index (χ4n) is 4.19. The van der Waals surface area contributed by atoms with Crippen LogP contribution >= 0.6 is 0 Å². The molecule has 3 aromatic rings. The lowest BCUT2D eigenvalue weighted by Gasteiger charge is -2.39. The van der Waals surface area contributed by atoms with Crippen LogP contribution in [0.15, 0.2) is 55.0 Å². The normalized spacial score (nSPS) is 18.4. The summed E-state index contributed by atoms with van der Waals surface area (Å²) >= 11 is 0. The number of carbonyl (C=O) groups excluding carboxylic acids is 1. The summed E-state index contributed by atoms with van der Waals surface area (Å²) in [5.41, 5.74) is 2.38. The molecule has 1 amide bonds. The minimum Gasteiger partial charge on any atom is -0.477 e. The number of halogens is 1. The van der Waals surface area contributed by atoms with Gasteiger partial charge in [-0.3, -0.25) is 4.79 Å². The van der Waals surface area contributed by atoms with Crippen molar-refractivity contribution in [1.82, 2.24) is 19.9 Å². The van der Waals surface area contributed by atoms with Crippen molar-refractivity contribution in [1.29, 1.82) is 0 Å². The zero-order valence-corrected chi connectivity index (χ0v) is 18.4. The lowest BCUT2D eigenvalue weighted by atomic mass is 9.90. The zero-order chi connectivity index (χ0) is 22.5. The molecule has 4 rings (SSSR count). The Morgan fingerprint density at radius 2 is 1.97 bits per heavy atom. The first-order valence-electron chi connectivity index (χ1n) is 11.0. The highest BCUT2D eigenvalue weighted by Crippen LogP contribution is 2.29. The number of pyridine rings is 1. The van der Waals surface area contributed by atoms with Gasteiger partial charge in [0.1, 0.15) is 5.82 Å². The van der Waals surface area contributed by atoms with Crippen LogP contribution in [0.25, 0.3) is 11.4 Å². The molecule has 2 aromatic heterocycles. The van der Waals surface area contributed by atoms with Crippen LogP contribution in [0.2, 0.25) is 0 Å². The number of rotatable bonds is 6. The van der Waals surface area contributed by atoms with E-state index in [4.69, 9.17) is 4.74 Å². The highest BCUT2D eigenvalue weighted by Gasteiger charge is 2.33. The van der Waals surface area contributed by atoms with Gasteiger partial charge in [-0.2, -0.15) is 0 Å². The number of piperidine rings is 1. The van der Waals surface area contributed by atoms with E-state index in [-0.39, 0.29) is 17.9 Å². The van der Waals surface area contributed by atoms with Crippen LogP contribution in [0.5, 0.6) is 5.88 Å². The Labute approximate surface area is 187 Å². The van der Waals surface area contributed by atoms with E-state index in [2.05, 4.69) is 21.9 Å². The Kier molecular flexibility index (Phi) is 6.73. The number of hydrogen-bond acceptors (Lipinski definition) is 5. The van der Waals surface area contributed by atoms with Crippen LogP contribution in [0.3, 0.4) is 0 Å². The van der Waals surface area contributed by atoms with Crippen molar-refractivity contribution >= 4 is 5.91 Å². The molecule has 3 heterocycles. The lowest BCUT2D eigenvalue weighted by molar-refractivity contribution is 0.0465. The molecule has 1 unspecified atom stereocenters. The Hall–Kier alpha value is -3.35. The molecule has 1 aromatic carbocycles.